The van der Waals surface area contributed by atoms with Crippen molar-refractivity contribution < 1.29 is 14.6 Å². The molecule has 0 aromatic heterocycles. The predicted molar refractivity (Wildman–Crippen MR) is 47.1 cm³/mol. The lowest BCUT2D eigenvalue weighted by atomic mass is 10.2. The molecule has 0 bridgehead atoms. The first-order valence-corrected chi connectivity index (χ1v) is 4.27. The third kappa shape index (κ3) is 5.16. The molecule has 70 valence electrons. The highest BCUT2D eigenvalue weighted by Crippen LogP contribution is 2.03. The molecule has 0 radical (unpaired) electrons. The van der Waals surface area contributed by atoms with Gasteiger partial charge in [-0.15, -0.1) is 11.6 Å². The van der Waals surface area contributed by atoms with E-state index in [1.807, 2.05) is 0 Å². The van der Waals surface area contributed by atoms with Crippen LogP contribution >= 0.6 is 11.6 Å². The second-order valence-electron chi connectivity index (χ2n) is 2.26. The standard InChI is InChI=1S/C8H13ClO3/c1-7(3-2-5-10)8(11)12-6-4-9/h10H,1-6H2. The van der Waals surface area contributed by atoms with Gasteiger partial charge in [-0.2, -0.15) is 0 Å². The molecule has 0 saturated carbocycles. The molecule has 0 aliphatic carbocycles. The molecule has 0 aromatic rings. The Morgan fingerprint density at radius 2 is 2.25 bits per heavy atom. The topological polar surface area (TPSA) is 46.5 Å². The number of hydrogen-bond donors (Lipinski definition) is 1. The third-order valence-corrected chi connectivity index (χ3v) is 1.39. The van der Waals surface area contributed by atoms with Crippen LogP contribution in [-0.4, -0.2) is 30.2 Å². The van der Waals surface area contributed by atoms with Crippen LogP contribution in [0.4, 0.5) is 0 Å². The van der Waals surface area contributed by atoms with Crippen LogP contribution in [0.15, 0.2) is 12.2 Å². The highest BCUT2D eigenvalue weighted by molar-refractivity contribution is 6.18. The number of aliphatic hydroxyl groups is 1. The lowest BCUT2D eigenvalue weighted by Crippen LogP contribution is -2.09. The van der Waals surface area contributed by atoms with Crippen LogP contribution in [0.5, 0.6) is 0 Å². The van der Waals surface area contributed by atoms with Gasteiger partial charge in [0.05, 0.1) is 5.88 Å². The molecule has 0 aliphatic heterocycles. The number of halogens is 1. The molecule has 0 aliphatic rings. The van der Waals surface area contributed by atoms with E-state index in [-0.39, 0.29) is 13.2 Å². The van der Waals surface area contributed by atoms with E-state index in [0.29, 0.717) is 24.3 Å². The van der Waals surface area contributed by atoms with Crippen LogP contribution < -0.4 is 0 Å². The van der Waals surface area contributed by atoms with Crippen LogP contribution in [0.2, 0.25) is 0 Å². The molecule has 0 saturated heterocycles. The van der Waals surface area contributed by atoms with Crippen LogP contribution in [0.25, 0.3) is 0 Å². The predicted octanol–water partition coefficient (Wildman–Crippen LogP) is 1.10. The van der Waals surface area contributed by atoms with E-state index in [4.69, 9.17) is 21.4 Å². The fourth-order valence-electron chi connectivity index (χ4n) is 0.628. The van der Waals surface area contributed by atoms with Crippen LogP contribution in [0.1, 0.15) is 12.8 Å². The number of hydrogen-bond acceptors (Lipinski definition) is 3. The Kier molecular flexibility index (Phi) is 6.81. The summed E-state index contributed by atoms with van der Waals surface area (Å²) in [5.74, 6) is -0.136. The second-order valence-corrected chi connectivity index (χ2v) is 2.63. The first-order valence-electron chi connectivity index (χ1n) is 3.74. The van der Waals surface area contributed by atoms with Crippen LogP contribution in [0, 0.1) is 0 Å². The van der Waals surface area contributed by atoms with Gasteiger partial charge in [-0.1, -0.05) is 6.58 Å². The van der Waals surface area contributed by atoms with Gasteiger partial charge in [0.1, 0.15) is 6.61 Å². The number of carbonyl (C=O) groups is 1. The Balaban J connectivity index is 3.55. The summed E-state index contributed by atoms with van der Waals surface area (Å²) in [5, 5.41) is 8.46. The lowest BCUT2D eigenvalue weighted by molar-refractivity contribution is -0.138. The average molecular weight is 193 g/mol. The van der Waals surface area contributed by atoms with E-state index in [1.165, 1.54) is 0 Å². The van der Waals surface area contributed by atoms with Crippen molar-refractivity contribution in [2.75, 3.05) is 19.1 Å². The number of rotatable bonds is 6. The summed E-state index contributed by atoms with van der Waals surface area (Å²) in [5.41, 5.74) is 0.383. The first-order chi connectivity index (χ1) is 5.72. The maximum atomic E-state index is 10.9. The van der Waals surface area contributed by atoms with Crippen molar-refractivity contribution in [1.82, 2.24) is 0 Å². The second kappa shape index (κ2) is 7.13. The number of carbonyl (C=O) groups excluding carboxylic acids is 1. The zero-order valence-corrected chi connectivity index (χ0v) is 7.64. The first kappa shape index (κ1) is 11.5. The molecule has 0 heterocycles. The van der Waals surface area contributed by atoms with E-state index < -0.39 is 5.97 Å². The SMILES string of the molecule is C=C(CCCO)C(=O)OCCCl. The summed E-state index contributed by atoms with van der Waals surface area (Å²) in [6, 6.07) is 0. The van der Waals surface area contributed by atoms with Gasteiger partial charge < -0.3 is 9.84 Å². The lowest BCUT2D eigenvalue weighted by Gasteiger charge is -2.03. The molecular formula is C8H13ClO3. The Labute approximate surface area is 77.0 Å². The zero-order valence-electron chi connectivity index (χ0n) is 6.88. The van der Waals surface area contributed by atoms with Crippen LogP contribution in [-0.2, 0) is 9.53 Å². The van der Waals surface area contributed by atoms with Gasteiger partial charge in [-0.05, 0) is 12.8 Å². The van der Waals surface area contributed by atoms with Crippen molar-refractivity contribution in [3.8, 4) is 0 Å². The molecule has 0 fully saturated rings. The van der Waals surface area contributed by atoms with E-state index >= 15 is 0 Å². The van der Waals surface area contributed by atoms with Gasteiger partial charge in [0.2, 0.25) is 0 Å². The minimum Gasteiger partial charge on any atom is -0.461 e. The number of ether oxygens (including phenoxy) is 1. The number of alkyl halides is 1. The van der Waals surface area contributed by atoms with Gasteiger partial charge in [-0.3, -0.25) is 0 Å². The molecule has 0 aromatic carbocycles. The number of aliphatic hydroxyl groups excluding tert-OH is 1. The Morgan fingerprint density at radius 3 is 2.75 bits per heavy atom. The molecular weight excluding hydrogens is 180 g/mol. The van der Waals surface area contributed by atoms with Crippen molar-refractivity contribution in [3.63, 3.8) is 0 Å². The highest BCUT2D eigenvalue weighted by atomic mass is 35.5. The molecule has 0 atom stereocenters. The smallest absolute Gasteiger partial charge is 0.333 e. The van der Waals surface area contributed by atoms with Crippen LogP contribution in [0.3, 0.4) is 0 Å². The maximum Gasteiger partial charge on any atom is 0.333 e. The molecule has 4 heteroatoms. The van der Waals surface area contributed by atoms with E-state index in [0.717, 1.165) is 0 Å². The van der Waals surface area contributed by atoms with Gasteiger partial charge in [0, 0.05) is 12.2 Å². The normalized spacial score (nSPS) is 9.50. The zero-order chi connectivity index (χ0) is 9.40. The number of esters is 1. The van der Waals surface area contributed by atoms with E-state index in [2.05, 4.69) is 6.58 Å². The quantitative estimate of drug-likeness (QED) is 0.390. The van der Waals surface area contributed by atoms with E-state index in [9.17, 15) is 4.79 Å². The summed E-state index contributed by atoms with van der Waals surface area (Å²) < 4.78 is 4.70. The minimum atomic E-state index is -0.427. The van der Waals surface area contributed by atoms with Crippen molar-refractivity contribution in [2.45, 2.75) is 12.8 Å². The molecule has 0 amide bonds. The van der Waals surface area contributed by atoms with Gasteiger partial charge >= 0.3 is 5.97 Å². The largest absolute Gasteiger partial charge is 0.461 e. The van der Waals surface area contributed by atoms with Gasteiger partial charge in [0.25, 0.3) is 0 Å². The van der Waals surface area contributed by atoms with Crippen molar-refractivity contribution >= 4 is 17.6 Å². The third-order valence-electron chi connectivity index (χ3n) is 1.24. The fraction of sp³-hybridized carbons (Fsp3) is 0.625. The van der Waals surface area contributed by atoms with Crippen molar-refractivity contribution in [1.29, 1.82) is 0 Å². The average Bonchev–Trinajstić information content (AvgIpc) is 2.10. The molecule has 0 spiro atoms. The molecule has 1 N–H and O–H groups in total. The van der Waals surface area contributed by atoms with Crippen molar-refractivity contribution in [3.05, 3.63) is 12.2 Å². The summed E-state index contributed by atoms with van der Waals surface area (Å²) >= 11 is 5.31. The minimum absolute atomic E-state index is 0.0573. The van der Waals surface area contributed by atoms with E-state index in [1.54, 1.807) is 0 Å². The Hall–Kier alpha value is -0.540. The maximum absolute atomic E-state index is 10.9. The van der Waals surface area contributed by atoms with Crippen molar-refractivity contribution in [2.24, 2.45) is 0 Å². The van der Waals surface area contributed by atoms with Gasteiger partial charge in [-0.25, -0.2) is 4.79 Å². The molecule has 12 heavy (non-hydrogen) atoms. The highest BCUT2D eigenvalue weighted by Gasteiger charge is 2.06. The Bertz CT molecular complexity index is 138. The summed E-state index contributed by atoms with van der Waals surface area (Å²) in [6.07, 6.45) is 1.01. The molecule has 0 unspecified atom stereocenters. The monoisotopic (exact) mass is 192 g/mol. The fourth-order valence-corrected chi connectivity index (χ4v) is 0.705. The summed E-state index contributed by atoms with van der Waals surface area (Å²) in [6.45, 7) is 3.78. The molecule has 0 rings (SSSR count). The van der Waals surface area contributed by atoms with Gasteiger partial charge in [0.15, 0.2) is 0 Å². The molecule has 3 nitrogen and oxygen atoms in total. The summed E-state index contributed by atoms with van der Waals surface area (Å²) in [4.78, 5) is 10.9. The Morgan fingerprint density at radius 1 is 1.58 bits per heavy atom. The summed E-state index contributed by atoms with van der Waals surface area (Å²) in [7, 11) is 0.